The molecule has 0 bridgehead atoms. The van der Waals surface area contributed by atoms with Crippen molar-refractivity contribution in [2.24, 2.45) is 0 Å². The lowest BCUT2D eigenvalue weighted by atomic mass is 9.97. The molecular weight excluding hydrogens is 341 g/mol. The van der Waals surface area contributed by atoms with E-state index in [9.17, 15) is 9.18 Å². The van der Waals surface area contributed by atoms with E-state index in [1.165, 1.54) is 12.1 Å². The van der Waals surface area contributed by atoms with E-state index in [0.717, 1.165) is 22.1 Å². The van der Waals surface area contributed by atoms with Gasteiger partial charge in [-0.25, -0.2) is 4.39 Å². The summed E-state index contributed by atoms with van der Waals surface area (Å²) < 4.78 is 19.2. The van der Waals surface area contributed by atoms with Gasteiger partial charge in [0, 0.05) is 0 Å². The number of hydrogen-bond acceptors (Lipinski definition) is 2. The number of anilines is 1. The van der Waals surface area contributed by atoms with Crippen molar-refractivity contribution in [2.45, 2.75) is 12.8 Å². The zero-order valence-corrected chi connectivity index (χ0v) is 14.6. The van der Waals surface area contributed by atoms with Crippen LogP contribution in [0.15, 0.2) is 54.6 Å². The fourth-order valence-corrected chi connectivity index (χ4v) is 2.81. The number of rotatable bonds is 4. The topological polar surface area (TPSA) is 38.3 Å². The molecule has 1 amide bonds. The maximum Gasteiger partial charge on any atom is 0.231 e. The Labute approximate surface area is 150 Å². The van der Waals surface area contributed by atoms with Gasteiger partial charge in [0.2, 0.25) is 5.91 Å². The molecule has 5 heteroatoms. The third-order valence-electron chi connectivity index (χ3n) is 4.17. The second kappa shape index (κ2) is 7.11. The quantitative estimate of drug-likeness (QED) is 0.680. The number of methoxy groups -OCH3 is 1. The Hall–Kier alpha value is -2.59. The molecule has 3 rings (SSSR count). The molecule has 3 aromatic rings. The van der Waals surface area contributed by atoms with Crippen molar-refractivity contribution in [3.63, 3.8) is 0 Å². The molecule has 0 saturated heterocycles. The lowest BCUT2D eigenvalue weighted by Crippen LogP contribution is -2.19. The van der Waals surface area contributed by atoms with Gasteiger partial charge in [0.25, 0.3) is 0 Å². The molecule has 0 spiro atoms. The molecular formula is C20H17ClFNO2. The monoisotopic (exact) mass is 357 g/mol. The molecule has 0 radical (unpaired) electrons. The maximum atomic E-state index is 13.9. The zero-order valence-electron chi connectivity index (χ0n) is 13.8. The molecule has 0 saturated carbocycles. The van der Waals surface area contributed by atoms with Crippen LogP contribution in [-0.4, -0.2) is 13.0 Å². The van der Waals surface area contributed by atoms with E-state index in [4.69, 9.17) is 16.3 Å². The third-order valence-corrected chi connectivity index (χ3v) is 4.47. The number of carbonyl (C=O) groups excluding carboxylic acids is 1. The summed E-state index contributed by atoms with van der Waals surface area (Å²) in [6.45, 7) is 1.78. The van der Waals surface area contributed by atoms with Crippen molar-refractivity contribution in [3.05, 3.63) is 71.0 Å². The van der Waals surface area contributed by atoms with Gasteiger partial charge < -0.3 is 10.1 Å². The summed E-state index contributed by atoms with van der Waals surface area (Å²) in [5, 5.41) is 4.61. The summed E-state index contributed by atoms with van der Waals surface area (Å²) >= 11 is 5.75. The second-order valence-corrected chi connectivity index (χ2v) is 6.19. The van der Waals surface area contributed by atoms with Gasteiger partial charge >= 0.3 is 0 Å². The minimum atomic E-state index is -0.629. The van der Waals surface area contributed by atoms with E-state index in [0.29, 0.717) is 0 Å². The lowest BCUT2D eigenvalue weighted by Gasteiger charge is -2.14. The number of ether oxygens (including phenoxy) is 1. The van der Waals surface area contributed by atoms with E-state index < -0.39 is 11.7 Å². The Bertz CT molecular complexity index is 942. The van der Waals surface area contributed by atoms with Gasteiger partial charge in [0.15, 0.2) is 5.82 Å². The molecule has 0 aliphatic heterocycles. The SMILES string of the molecule is COc1ccc2cc([C@H](C)C(=O)Nc3cccc(Cl)c3F)ccc2c1. The normalized spacial score (nSPS) is 12.0. The predicted molar refractivity (Wildman–Crippen MR) is 99.0 cm³/mol. The van der Waals surface area contributed by atoms with Crippen molar-refractivity contribution < 1.29 is 13.9 Å². The summed E-state index contributed by atoms with van der Waals surface area (Å²) in [4.78, 5) is 12.5. The van der Waals surface area contributed by atoms with Crippen LogP contribution in [0.2, 0.25) is 5.02 Å². The molecule has 0 aliphatic rings. The van der Waals surface area contributed by atoms with E-state index in [-0.39, 0.29) is 16.6 Å². The highest BCUT2D eigenvalue weighted by Crippen LogP contribution is 2.27. The molecule has 0 heterocycles. The van der Waals surface area contributed by atoms with Crippen LogP contribution in [-0.2, 0) is 4.79 Å². The maximum absolute atomic E-state index is 13.9. The fraction of sp³-hybridized carbons (Fsp3) is 0.150. The average Bonchev–Trinajstić information content (AvgIpc) is 2.63. The fourth-order valence-electron chi connectivity index (χ4n) is 2.63. The second-order valence-electron chi connectivity index (χ2n) is 5.78. The summed E-state index contributed by atoms with van der Waals surface area (Å²) in [6, 6.07) is 16.0. The summed E-state index contributed by atoms with van der Waals surface area (Å²) in [5.41, 5.74) is 0.924. The number of amides is 1. The van der Waals surface area contributed by atoms with Gasteiger partial charge in [-0.2, -0.15) is 0 Å². The van der Waals surface area contributed by atoms with E-state index in [1.54, 1.807) is 20.1 Å². The van der Waals surface area contributed by atoms with Crippen LogP contribution in [0.5, 0.6) is 5.75 Å². The molecule has 0 aromatic heterocycles. The average molecular weight is 358 g/mol. The number of carbonyl (C=O) groups is 1. The highest BCUT2D eigenvalue weighted by molar-refractivity contribution is 6.31. The zero-order chi connectivity index (χ0) is 18.0. The first-order valence-electron chi connectivity index (χ1n) is 7.82. The van der Waals surface area contributed by atoms with Crippen LogP contribution in [0.4, 0.5) is 10.1 Å². The molecule has 0 aliphatic carbocycles. The Morgan fingerprint density at radius 2 is 1.84 bits per heavy atom. The molecule has 0 unspecified atom stereocenters. The van der Waals surface area contributed by atoms with Crippen LogP contribution in [0.25, 0.3) is 10.8 Å². The predicted octanol–water partition coefficient (Wildman–Crippen LogP) is 5.38. The van der Waals surface area contributed by atoms with Crippen LogP contribution in [0.1, 0.15) is 18.4 Å². The van der Waals surface area contributed by atoms with Gasteiger partial charge in [0.05, 0.1) is 23.7 Å². The third kappa shape index (κ3) is 3.59. The first kappa shape index (κ1) is 17.2. The molecule has 1 atom stereocenters. The number of fused-ring (bicyclic) bond motifs is 1. The first-order valence-corrected chi connectivity index (χ1v) is 8.20. The van der Waals surface area contributed by atoms with Gasteiger partial charge in [-0.1, -0.05) is 41.9 Å². The smallest absolute Gasteiger partial charge is 0.231 e. The number of hydrogen-bond donors (Lipinski definition) is 1. The minimum absolute atomic E-state index is 0.0231. The summed E-state index contributed by atoms with van der Waals surface area (Å²) in [6.07, 6.45) is 0. The molecule has 3 nitrogen and oxygen atoms in total. The number of nitrogens with one attached hydrogen (secondary N) is 1. The number of halogens is 2. The van der Waals surface area contributed by atoms with Crippen molar-refractivity contribution in [1.82, 2.24) is 0 Å². The standard InChI is InChI=1S/C20H17ClFNO2/c1-12(20(24)23-18-5-3-4-17(21)19(18)22)13-6-7-15-11-16(25-2)9-8-14(15)10-13/h3-12H,1-2H3,(H,23,24)/t12-/m0/s1. The van der Waals surface area contributed by atoms with Crippen LogP contribution in [0.3, 0.4) is 0 Å². The largest absolute Gasteiger partial charge is 0.497 e. The van der Waals surface area contributed by atoms with E-state index in [2.05, 4.69) is 5.32 Å². The van der Waals surface area contributed by atoms with Gasteiger partial charge in [-0.05, 0) is 47.5 Å². The molecule has 128 valence electrons. The minimum Gasteiger partial charge on any atom is -0.497 e. The van der Waals surface area contributed by atoms with E-state index in [1.807, 2.05) is 36.4 Å². The van der Waals surface area contributed by atoms with Gasteiger partial charge in [-0.15, -0.1) is 0 Å². The number of benzene rings is 3. The van der Waals surface area contributed by atoms with Crippen molar-refractivity contribution in [3.8, 4) is 5.75 Å². The molecule has 25 heavy (non-hydrogen) atoms. The van der Waals surface area contributed by atoms with Gasteiger partial charge in [0.1, 0.15) is 5.75 Å². The Kier molecular flexibility index (Phi) is 4.91. The Morgan fingerprint density at radius 3 is 2.60 bits per heavy atom. The van der Waals surface area contributed by atoms with Crippen LogP contribution in [0, 0.1) is 5.82 Å². The van der Waals surface area contributed by atoms with Gasteiger partial charge in [-0.3, -0.25) is 4.79 Å². The Balaban J connectivity index is 1.84. The summed E-state index contributed by atoms with van der Waals surface area (Å²) in [7, 11) is 1.62. The molecule has 1 N–H and O–H groups in total. The van der Waals surface area contributed by atoms with Crippen molar-refractivity contribution in [2.75, 3.05) is 12.4 Å². The summed E-state index contributed by atoms with van der Waals surface area (Å²) in [5.74, 6) is -0.586. The lowest BCUT2D eigenvalue weighted by molar-refractivity contribution is -0.117. The van der Waals surface area contributed by atoms with Crippen LogP contribution < -0.4 is 10.1 Å². The Morgan fingerprint density at radius 1 is 1.12 bits per heavy atom. The van der Waals surface area contributed by atoms with Crippen molar-refractivity contribution >= 4 is 34.0 Å². The molecule has 0 fully saturated rings. The molecule has 3 aromatic carbocycles. The highest BCUT2D eigenvalue weighted by atomic mass is 35.5. The first-order chi connectivity index (χ1) is 12.0. The van der Waals surface area contributed by atoms with E-state index >= 15 is 0 Å². The van der Waals surface area contributed by atoms with Crippen LogP contribution >= 0.6 is 11.6 Å². The van der Waals surface area contributed by atoms with Crippen molar-refractivity contribution in [1.29, 1.82) is 0 Å². The highest BCUT2D eigenvalue weighted by Gasteiger charge is 2.18.